The predicted molar refractivity (Wildman–Crippen MR) is 190 cm³/mol. The molecule has 0 spiro atoms. The van der Waals surface area contributed by atoms with E-state index in [4.69, 9.17) is 19.3 Å². The van der Waals surface area contributed by atoms with E-state index in [2.05, 4.69) is 37.4 Å². The second-order valence-electron chi connectivity index (χ2n) is 12.9. The number of phosphoric ester groups is 1. The van der Waals surface area contributed by atoms with Crippen LogP contribution in [0, 0.1) is 5.92 Å². The first-order valence-electron chi connectivity index (χ1n) is 18.2. The van der Waals surface area contributed by atoms with Crippen LogP contribution in [-0.4, -0.2) is 52.3 Å². The van der Waals surface area contributed by atoms with Gasteiger partial charge in [0.05, 0.1) is 12.7 Å². The van der Waals surface area contributed by atoms with Gasteiger partial charge in [-0.1, -0.05) is 147 Å². The van der Waals surface area contributed by atoms with E-state index in [1.165, 1.54) is 44.9 Å². The number of aliphatic hydroxyl groups excluding tert-OH is 1. The lowest BCUT2D eigenvalue weighted by atomic mass is 10.0. The van der Waals surface area contributed by atoms with Crippen molar-refractivity contribution in [3.8, 4) is 0 Å². The van der Waals surface area contributed by atoms with Crippen molar-refractivity contribution in [1.82, 2.24) is 0 Å². The van der Waals surface area contributed by atoms with Crippen LogP contribution in [0.5, 0.6) is 0 Å². The molecule has 0 rings (SSSR count). The van der Waals surface area contributed by atoms with Crippen LogP contribution in [0.1, 0.15) is 156 Å². The molecular weight excluding hydrogens is 619 g/mol. The first kappa shape index (κ1) is 45.2. The molecule has 0 aliphatic heterocycles. The van der Waals surface area contributed by atoms with Crippen LogP contribution in [-0.2, 0) is 28.2 Å². The van der Waals surface area contributed by atoms with E-state index in [1.807, 2.05) is 18.2 Å². The van der Waals surface area contributed by atoms with Gasteiger partial charge >= 0.3 is 19.8 Å². The summed E-state index contributed by atoms with van der Waals surface area (Å²) in [6, 6.07) is 0. The van der Waals surface area contributed by atoms with Gasteiger partial charge in [-0.2, -0.15) is 0 Å². The van der Waals surface area contributed by atoms with Crippen molar-refractivity contribution in [1.29, 1.82) is 0 Å². The van der Waals surface area contributed by atoms with E-state index in [1.54, 1.807) is 6.08 Å². The highest BCUT2D eigenvalue weighted by Crippen LogP contribution is 2.36. The van der Waals surface area contributed by atoms with Crippen LogP contribution in [0.2, 0.25) is 0 Å². The van der Waals surface area contributed by atoms with Crippen LogP contribution in [0.15, 0.2) is 36.5 Å². The monoisotopic (exact) mass is 686 g/mol. The number of ether oxygens (including phenoxy) is 2. The van der Waals surface area contributed by atoms with Crippen molar-refractivity contribution in [2.75, 3.05) is 13.2 Å². The molecule has 0 aliphatic carbocycles. The Morgan fingerprint density at radius 1 is 0.681 bits per heavy atom. The smallest absolute Gasteiger partial charge is 0.462 e. The van der Waals surface area contributed by atoms with E-state index in [9.17, 15) is 19.3 Å². The molecule has 47 heavy (non-hydrogen) atoms. The van der Waals surface area contributed by atoms with Crippen molar-refractivity contribution < 1.29 is 43.0 Å². The number of aliphatic hydroxyl groups is 1. The van der Waals surface area contributed by atoms with Crippen molar-refractivity contribution in [2.45, 2.75) is 168 Å². The first-order chi connectivity index (χ1) is 22.5. The van der Waals surface area contributed by atoms with Crippen molar-refractivity contribution in [3.63, 3.8) is 0 Å². The minimum atomic E-state index is -4.77. The molecule has 0 bridgehead atoms. The van der Waals surface area contributed by atoms with Gasteiger partial charge in [0, 0.05) is 12.8 Å². The highest BCUT2D eigenvalue weighted by atomic mass is 31.2. The molecule has 1 unspecified atom stereocenters. The van der Waals surface area contributed by atoms with Gasteiger partial charge in [-0.05, 0) is 38.0 Å². The number of phosphoric acid groups is 1. The molecule has 0 aromatic carbocycles. The number of hydrogen-bond acceptors (Lipinski definition) is 7. The Morgan fingerprint density at radius 2 is 1.21 bits per heavy atom. The molecule has 2 atom stereocenters. The fourth-order valence-corrected chi connectivity index (χ4v) is 5.34. The predicted octanol–water partition coefficient (Wildman–Crippen LogP) is 9.45. The van der Waals surface area contributed by atoms with Crippen molar-refractivity contribution in [2.24, 2.45) is 5.92 Å². The molecule has 274 valence electrons. The summed E-state index contributed by atoms with van der Waals surface area (Å²) in [6.45, 7) is 5.75. The SMILES string of the molecule is CC/C=C/C/C=C/C=C/C(O)CCCCCCCC(=O)OC[C@H](COP(=O)(O)O)OC(=O)CCCCCCCCCCCCC(C)C. The second kappa shape index (κ2) is 31.5. The van der Waals surface area contributed by atoms with E-state index in [0.717, 1.165) is 63.7 Å². The third-order valence-electron chi connectivity index (χ3n) is 7.71. The van der Waals surface area contributed by atoms with Gasteiger partial charge in [-0.25, -0.2) is 4.57 Å². The fraction of sp³-hybridized carbons (Fsp3) is 0.784. The summed E-state index contributed by atoms with van der Waals surface area (Å²) in [4.78, 5) is 42.6. The maximum absolute atomic E-state index is 12.3. The molecule has 0 amide bonds. The van der Waals surface area contributed by atoms with Crippen LogP contribution in [0.25, 0.3) is 0 Å². The minimum Gasteiger partial charge on any atom is -0.462 e. The van der Waals surface area contributed by atoms with Gasteiger partial charge < -0.3 is 24.4 Å². The lowest BCUT2D eigenvalue weighted by Gasteiger charge is -2.18. The average Bonchev–Trinajstić information content (AvgIpc) is 3.01. The number of unbranched alkanes of at least 4 members (excludes halogenated alkanes) is 13. The van der Waals surface area contributed by atoms with Crippen LogP contribution in [0.3, 0.4) is 0 Å². The van der Waals surface area contributed by atoms with Gasteiger partial charge in [0.2, 0.25) is 0 Å². The normalized spacial score (nSPS) is 13.7. The second-order valence-corrected chi connectivity index (χ2v) is 14.1. The number of carbonyl (C=O) groups is 2. The Bertz CT molecular complexity index is 894. The van der Waals surface area contributed by atoms with Crippen LogP contribution < -0.4 is 0 Å². The zero-order chi connectivity index (χ0) is 35.0. The number of allylic oxidation sites excluding steroid dienone is 5. The van der Waals surface area contributed by atoms with Gasteiger partial charge in [-0.15, -0.1) is 0 Å². The standard InChI is InChI=1S/C37H67O9P/c1-4-5-6-7-12-17-22-27-34(38)28-23-18-15-20-24-29-36(39)44-31-35(32-45-47(41,42)43)46-37(40)30-25-19-14-11-9-8-10-13-16-21-26-33(2)3/h5-6,12,17,22,27,33-35,38H,4,7-11,13-16,18-21,23-26,28-32H2,1-3H3,(H2,41,42,43)/b6-5+,17-12+,27-22+/t34?,35-/m1/s1. The molecule has 0 aromatic heterocycles. The Morgan fingerprint density at radius 3 is 1.77 bits per heavy atom. The van der Waals surface area contributed by atoms with Crippen molar-refractivity contribution in [3.05, 3.63) is 36.5 Å². The molecule has 0 aromatic rings. The summed E-state index contributed by atoms with van der Waals surface area (Å²) in [5, 5.41) is 10.1. The Kier molecular flexibility index (Phi) is 30.3. The Balaban J connectivity index is 4.07. The van der Waals surface area contributed by atoms with Crippen molar-refractivity contribution >= 4 is 19.8 Å². The summed E-state index contributed by atoms with van der Waals surface area (Å²) in [5.74, 6) is -0.173. The zero-order valence-electron chi connectivity index (χ0n) is 29.7. The molecule has 0 radical (unpaired) electrons. The molecule has 0 saturated carbocycles. The number of esters is 2. The minimum absolute atomic E-state index is 0.192. The highest BCUT2D eigenvalue weighted by molar-refractivity contribution is 7.46. The summed E-state index contributed by atoms with van der Waals surface area (Å²) in [7, 11) is -4.77. The van der Waals surface area contributed by atoms with Gasteiger partial charge in [0.15, 0.2) is 6.10 Å². The van der Waals surface area contributed by atoms with E-state index in [-0.39, 0.29) is 19.4 Å². The maximum Gasteiger partial charge on any atom is 0.469 e. The summed E-state index contributed by atoms with van der Waals surface area (Å²) in [5.41, 5.74) is 0. The lowest BCUT2D eigenvalue weighted by Crippen LogP contribution is -2.29. The summed E-state index contributed by atoms with van der Waals surface area (Å²) in [6.07, 6.45) is 30.4. The fourth-order valence-electron chi connectivity index (χ4n) is 4.98. The molecule has 0 fully saturated rings. The highest BCUT2D eigenvalue weighted by Gasteiger charge is 2.22. The molecule has 0 heterocycles. The molecule has 3 N–H and O–H groups in total. The first-order valence-corrected chi connectivity index (χ1v) is 19.8. The molecule has 10 heteroatoms. The maximum atomic E-state index is 12.3. The Hall–Kier alpha value is -1.77. The van der Waals surface area contributed by atoms with Crippen LogP contribution in [0.4, 0.5) is 0 Å². The number of hydrogen-bond donors (Lipinski definition) is 3. The molecule has 0 saturated heterocycles. The Labute approximate surface area is 285 Å². The number of carbonyl (C=O) groups excluding carboxylic acids is 2. The van der Waals surface area contributed by atoms with Gasteiger partial charge in [0.1, 0.15) is 6.61 Å². The summed E-state index contributed by atoms with van der Waals surface area (Å²) >= 11 is 0. The average molecular weight is 687 g/mol. The summed E-state index contributed by atoms with van der Waals surface area (Å²) < 4.78 is 26.2. The zero-order valence-corrected chi connectivity index (χ0v) is 30.6. The van der Waals surface area contributed by atoms with Crippen LogP contribution >= 0.6 is 7.82 Å². The van der Waals surface area contributed by atoms with E-state index >= 15 is 0 Å². The third kappa shape index (κ3) is 35.4. The molecule has 0 aliphatic rings. The topological polar surface area (TPSA) is 140 Å². The molecular formula is C37H67O9P. The lowest BCUT2D eigenvalue weighted by molar-refractivity contribution is -0.161. The third-order valence-corrected chi connectivity index (χ3v) is 8.19. The van der Waals surface area contributed by atoms with Gasteiger partial charge in [0.25, 0.3) is 0 Å². The largest absolute Gasteiger partial charge is 0.469 e. The van der Waals surface area contributed by atoms with Gasteiger partial charge in [-0.3, -0.25) is 14.1 Å². The number of rotatable bonds is 32. The van der Waals surface area contributed by atoms with E-state index < -0.39 is 38.6 Å². The van der Waals surface area contributed by atoms with E-state index in [0.29, 0.717) is 19.3 Å². The molecule has 9 nitrogen and oxygen atoms in total. The quantitative estimate of drug-likeness (QED) is 0.0208.